The number of hydrogen-bond acceptors (Lipinski definition) is 0. The van der Waals surface area contributed by atoms with E-state index in [0.717, 1.165) is 23.1 Å². The molecule has 0 amide bonds. The van der Waals surface area contributed by atoms with E-state index >= 15 is 0 Å². The average Bonchev–Trinajstić information content (AvgIpc) is 2.16. The van der Waals surface area contributed by atoms with E-state index in [1.54, 1.807) is 13.8 Å². The second kappa shape index (κ2) is 4.18. The Morgan fingerprint density at radius 1 is 1.47 bits per heavy atom. The Labute approximate surface area is 91.8 Å². The van der Waals surface area contributed by atoms with Gasteiger partial charge in [0.2, 0.25) is 0 Å². The lowest BCUT2D eigenvalue weighted by atomic mass is 9.84. The molecule has 1 rings (SSSR count). The molecule has 0 fully saturated rings. The van der Waals surface area contributed by atoms with Crippen molar-refractivity contribution in [3.05, 3.63) is 47.0 Å². The van der Waals surface area contributed by atoms with E-state index in [9.17, 15) is 4.39 Å². The van der Waals surface area contributed by atoms with E-state index < -0.39 is 5.67 Å². The topological polar surface area (TPSA) is 0 Å². The van der Waals surface area contributed by atoms with Crippen molar-refractivity contribution in [2.75, 3.05) is 0 Å². The van der Waals surface area contributed by atoms with Crippen LogP contribution in [0.4, 0.5) is 4.39 Å². The fraction of sp³-hybridized carbons (Fsp3) is 0.429. The minimum Gasteiger partial charge on any atom is -0.234 e. The predicted octanol–water partition coefficient (Wildman–Crippen LogP) is 4.32. The van der Waals surface area contributed by atoms with E-state index in [4.69, 9.17) is 0 Å². The van der Waals surface area contributed by atoms with Gasteiger partial charge in [-0.1, -0.05) is 31.7 Å². The van der Waals surface area contributed by atoms with Crippen LogP contribution in [0.3, 0.4) is 0 Å². The summed E-state index contributed by atoms with van der Waals surface area (Å²) in [4.78, 5) is 0. The minimum absolute atomic E-state index is 0.562. The highest BCUT2D eigenvalue weighted by Crippen LogP contribution is 2.36. The molecule has 0 heterocycles. The molecule has 1 aromatic carbocycles. The van der Waals surface area contributed by atoms with Gasteiger partial charge in [0.1, 0.15) is 0 Å². The Kier molecular flexibility index (Phi) is 3.33. The lowest BCUT2D eigenvalue weighted by Gasteiger charge is -2.26. The largest absolute Gasteiger partial charge is 0.234 e. The summed E-state index contributed by atoms with van der Waals surface area (Å²) in [5, 5.41) is 0. The van der Waals surface area contributed by atoms with Crippen LogP contribution in [0.15, 0.2) is 30.4 Å². The zero-order valence-corrected chi connectivity index (χ0v) is 10.0. The quantitative estimate of drug-likeness (QED) is 0.646. The molecule has 0 nitrogen and oxygen atoms in total. The van der Waals surface area contributed by atoms with Crippen LogP contribution < -0.4 is 0 Å². The molecule has 0 unspecified atom stereocenters. The predicted molar refractivity (Wildman–Crippen MR) is 63.8 cm³/mol. The van der Waals surface area contributed by atoms with Crippen LogP contribution in [0.2, 0.25) is 0 Å². The van der Waals surface area contributed by atoms with Gasteiger partial charge >= 0.3 is 0 Å². The van der Waals surface area contributed by atoms with Crippen molar-refractivity contribution in [3.63, 3.8) is 0 Å². The maximum Gasteiger partial charge on any atom is 0.154 e. The van der Waals surface area contributed by atoms with Crippen molar-refractivity contribution in [2.24, 2.45) is 0 Å². The molecule has 0 bridgehead atoms. The SMILES string of the molecule is C=C(C)[C@@](C)(F)c1c(C)cccc1CC. The summed E-state index contributed by atoms with van der Waals surface area (Å²) in [7, 11) is 0. The zero-order chi connectivity index (χ0) is 11.6. The van der Waals surface area contributed by atoms with E-state index in [2.05, 4.69) is 6.58 Å². The second-order valence-corrected chi connectivity index (χ2v) is 4.25. The number of aryl methyl sites for hydroxylation is 2. The number of rotatable bonds is 3. The number of alkyl halides is 1. The fourth-order valence-corrected chi connectivity index (χ4v) is 1.91. The van der Waals surface area contributed by atoms with Crippen molar-refractivity contribution < 1.29 is 4.39 Å². The molecular formula is C14H19F. The van der Waals surface area contributed by atoms with Gasteiger partial charge < -0.3 is 0 Å². The van der Waals surface area contributed by atoms with E-state index in [1.807, 2.05) is 32.0 Å². The molecular weight excluding hydrogens is 187 g/mol. The molecule has 0 aromatic heterocycles. The van der Waals surface area contributed by atoms with Gasteiger partial charge in [-0.05, 0) is 49.5 Å². The summed E-state index contributed by atoms with van der Waals surface area (Å²) in [5.41, 5.74) is 2.01. The first kappa shape index (κ1) is 12.0. The number of halogens is 1. The highest BCUT2D eigenvalue weighted by atomic mass is 19.1. The van der Waals surface area contributed by atoms with Crippen molar-refractivity contribution >= 4 is 0 Å². The Hall–Kier alpha value is -1.11. The first-order chi connectivity index (χ1) is 6.91. The molecule has 0 saturated carbocycles. The monoisotopic (exact) mass is 206 g/mol. The number of hydrogen-bond donors (Lipinski definition) is 0. The van der Waals surface area contributed by atoms with Gasteiger partial charge in [0.25, 0.3) is 0 Å². The van der Waals surface area contributed by atoms with Gasteiger partial charge in [0, 0.05) is 0 Å². The molecule has 82 valence electrons. The smallest absolute Gasteiger partial charge is 0.154 e. The first-order valence-corrected chi connectivity index (χ1v) is 5.35. The third kappa shape index (κ3) is 2.11. The van der Waals surface area contributed by atoms with Crippen LogP contribution >= 0.6 is 0 Å². The van der Waals surface area contributed by atoms with Crippen molar-refractivity contribution in [3.8, 4) is 0 Å². The molecule has 0 radical (unpaired) electrons. The molecule has 0 aliphatic rings. The summed E-state index contributed by atoms with van der Waals surface area (Å²) in [6.45, 7) is 11.1. The highest BCUT2D eigenvalue weighted by molar-refractivity contribution is 5.42. The van der Waals surface area contributed by atoms with E-state index in [0.29, 0.717) is 5.57 Å². The fourth-order valence-electron chi connectivity index (χ4n) is 1.91. The minimum atomic E-state index is -1.42. The van der Waals surface area contributed by atoms with Crippen LogP contribution in [-0.4, -0.2) is 0 Å². The zero-order valence-electron chi connectivity index (χ0n) is 10.0. The lowest BCUT2D eigenvalue weighted by Crippen LogP contribution is -2.20. The third-order valence-corrected chi connectivity index (χ3v) is 3.01. The van der Waals surface area contributed by atoms with Gasteiger partial charge in [-0.2, -0.15) is 0 Å². The third-order valence-electron chi connectivity index (χ3n) is 3.01. The van der Waals surface area contributed by atoms with Crippen molar-refractivity contribution in [1.82, 2.24) is 0 Å². The summed E-state index contributed by atoms with van der Waals surface area (Å²) in [6.07, 6.45) is 0.851. The summed E-state index contributed by atoms with van der Waals surface area (Å²) >= 11 is 0. The molecule has 0 spiro atoms. The maximum atomic E-state index is 14.6. The van der Waals surface area contributed by atoms with Gasteiger partial charge in [-0.25, -0.2) is 4.39 Å². The highest BCUT2D eigenvalue weighted by Gasteiger charge is 2.30. The molecule has 1 atom stereocenters. The Balaban J connectivity index is 3.41. The Morgan fingerprint density at radius 2 is 2.07 bits per heavy atom. The molecule has 0 N–H and O–H groups in total. The molecule has 1 heteroatoms. The van der Waals surface area contributed by atoms with Gasteiger partial charge in [0.15, 0.2) is 5.67 Å². The molecule has 0 aliphatic carbocycles. The van der Waals surface area contributed by atoms with Crippen LogP contribution in [-0.2, 0) is 12.1 Å². The molecule has 0 saturated heterocycles. The maximum absolute atomic E-state index is 14.6. The summed E-state index contributed by atoms with van der Waals surface area (Å²) in [5.74, 6) is 0. The summed E-state index contributed by atoms with van der Waals surface area (Å²) in [6, 6.07) is 5.92. The average molecular weight is 206 g/mol. The molecule has 15 heavy (non-hydrogen) atoms. The molecule has 1 aromatic rings. The second-order valence-electron chi connectivity index (χ2n) is 4.25. The first-order valence-electron chi connectivity index (χ1n) is 5.35. The van der Waals surface area contributed by atoms with Crippen LogP contribution in [0, 0.1) is 6.92 Å². The van der Waals surface area contributed by atoms with Gasteiger partial charge in [-0.15, -0.1) is 0 Å². The van der Waals surface area contributed by atoms with Crippen molar-refractivity contribution in [2.45, 2.75) is 39.8 Å². The van der Waals surface area contributed by atoms with Crippen LogP contribution in [0.25, 0.3) is 0 Å². The van der Waals surface area contributed by atoms with Crippen LogP contribution in [0.5, 0.6) is 0 Å². The number of benzene rings is 1. The van der Waals surface area contributed by atoms with Gasteiger partial charge in [0.05, 0.1) is 0 Å². The van der Waals surface area contributed by atoms with Crippen LogP contribution in [0.1, 0.15) is 37.5 Å². The Bertz CT molecular complexity index is 375. The normalized spacial score (nSPS) is 14.7. The molecule has 0 aliphatic heterocycles. The standard InChI is InChI=1S/C14H19F/c1-6-12-9-7-8-11(4)13(12)14(5,15)10(2)3/h7-9H,2,6H2,1,3-5H3/t14-/m1/s1. The summed E-state index contributed by atoms with van der Waals surface area (Å²) < 4.78 is 14.6. The van der Waals surface area contributed by atoms with E-state index in [1.165, 1.54) is 0 Å². The van der Waals surface area contributed by atoms with E-state index in [-0.39, 0.29) is 0 Å². The number of allylic oxidation sites excluding steroid dienone is 1. The van der Waals surface area contributed by atoms with Gasteiger partial charge in [-0.3, -0.25) is 0 Å². The Morgan fingerprint density at radius 3 is 2.53 bits per heavy atom. The van der Waals surface area contributed by atoms with Crippen molar-refractivity contribution in [1.29, 1.82) is 0 Å². The lowest BCUT2D eigenvalue weighted by molar-refractivity contribution is 0.242.